The first-order valence-electron chi connectivity index (χ1n) is 5.44. The molecule has 0 aliphatic heterocycles. The fraction of sp³-hybridized carbons (Fsp3) is 0.0769. The van der Waals surface area contributed by atoms with Gasteiger partial charge in [-0.05, 0) is 34.7 Å². The van der Waals surface area contributed by atoms with Gasteiger partial charge in [0.15, 0.2) is 0 Å². The molecule has 5 heteroatoms. The van der Waals surface area contributed by atoms with Gasteiger partial charge in [-0.25, -0.2) is 4.98 Å². The second-order valence-electron chi connectivity index (χ2n) is 3.99. The molecule has 3 nitrogen and oxygen atoms in total. The van der Waals surface area contributed by atoms with Crippen LogP contribution >= 0.6 is 34.2 Å². The molecule has 0 bridgehead atoms. The van der Waals surface area contributed by atoms with Crippen LogP contribution in [-0.2, 0) is 6.54 Å². The minimum atomic E-state index is 0.541. The molecule has 90 valence electrons. The van der Waals surface area contributed by atoms with Gasteiger partial charge in [0.05, 0.1) is 21.8 Å². The van der Waals surface area contributed by atoms with Gasteiger partial charge in [0, 0.05) is 17.1 Å². The van der Waals surface area contributed by atoms with Crippen molar-refractivity contribution in [2.24, 2.45) is 0 Å². The lowest BCUT2D eigenvalue weighted by molar-refractivity contribution is 0.685. The monoisotopic (exact) mass is 369 g/mol. The Hall–Kier alpha value is -1.14. The summed E-state index contributed by atoms with van der Waals surface area (Å²) in [6, 6.07) is 10.0. The van der Waals surface area contributed by atoms with E-state index in [4.69, 9.17) is 11.6 Å². The van der Waals surface area contributed by atoms with Gasteiger partial charge < -0.3 is 0 Å². The molecule has 0 unspecified atom stereocenters. The molecule has 3 aromatic rings. The Morgan fingerprint density at radius 3 is 2.89 bits per heavy atom. The van der Waals surface area contributed by atoms with Crippen molar-refractivity contribution in [3.8, 4) is 0 Å². The SMILES string of the molecule is Clc1nc2ccccc2cc1Cn1cc(I)cn1. The summed E-state index contributed by atoms with van der Waals surface area (Å²) in [6.07, 6.45) is 3.80. The molecule has 1 aromatic carbocycles. The van der Waals surface area contributed by atoms with Gasteiger partial charge in [0.2, 0.25) is 0 Å². The van der Waals surface area contributed by atoms with E-state index >= 15 is 0 Å². The van der Waals surface area contributed by atoms with Crippen LogP contribution in [0.1, 0.15) is 5.56 Å². The summed E-state index contributed by atoms with van der Waals surface area (Å²) in [6.45, 7) is 0.639. The topological polar surface area (TPSA) is 30.7 Å². The van der Waals surface area contributed by atoms with Crippen LogP contribution in [0.25, 0.3) is 10.9 Å². The lowest BCUT2D eigenvalue weighted by Crippen LogP contribution is -2.01. The van der Waals surface area contributed by atoms with E-state index in [2.05, 4.69) is 38.7 Å². The van der Waals surface area contributed by atoms with Crippen molar-refractivity contribution in [1.29, 1.82) is 0 Å². The molecule has 0 radical (unpaired) electrons. The van der Waals surface area contributed by atoms with Crippen LogP contribution in [0.4, 0.5) is 0 Å². The number of hydrogen-bond acceptors (Lipinski definition) is 2. The maximum absolute atomic E-state index is 6.21. The Morgan fingerprint density at radius 2 is 2.11 bits per heavy atom. The summed E-state index contributed by atoms with van der Waals surface area (Å²) in [7, 11) is 0. The molecule has 18 heavy (non-hydrogen) atoms. The first-order valence-corrected chi connectivity index (χ1v) is 6.90. The average molecular weight is 370 g/mol. The number of aromatic nitrogens is 3. The normalized spacial score (nSPS) is 11.0. The second-order valence-corrected chi connectivity index (χ2v) is 5.59. The molecule has 3 rings (SSSR count). The van der Waals surface area contributed by atoms with Crippen molar-refractivity contribution in [3.63, 3.8) is 0 Å². The van der Waals surface area contributed by atoms with Crippen LogP contribution in [0.5, 0.6) is 0 Å². The van der Waals surface area contributed by atoms with Gasteiger partial charge in [0.1, 0.15) is 5.15 Å². The lowest BCUT2D eigenvalue weighted by Gasteiger charge is -2.06. The third-order valence-electron chi connectivity index (χ3n) is 2.68. The van der Waals surface area contributed by atoms with Crippen LogP contribution in [0, 0.1) is 3.57 Å². The summed E-state index contributed by atoms with van der Waals surface area (Å²) in [5.74, 6) is 0. The van der Waals surface area contributed by atoms with E-state index in [1.807, 2.05) is 41.3 Å². The van der Waals surface area contributed by atoms with E-state index in [1.54, 1.807) is 0 Å². The van der Waals surface area contributed by atoms with Crippen molar-refractivity contribution in [3.05, 3.63) is 57.0 Å². The quantitative estimate of drug-likeness (QED) is 0.509. The van der Waals surface area contributed by atoms with E-state index in [1.165, 1.54) is 0 Å². The Labute approximate surface area is 123 Å². The minimum Gasteiger partial charge on any atom is -0.267 e. The van der Waals surface area contributed by atoms with Crippen molar-refractivity contribution in [2.45, 2.75) is 6.54 Å². The van der Waals surface area contributed by atoms with Gasteiger partial charge in [-0.2, -0.15) is 5.10 Å². The third-order valence-corrected chi connectivity index (χ3v) is 3.57. The largest absolute Gasteiger partial charge is 0.267 e. The standard InChI is InChI=1S/C13H9ClIN3/c14-13-10(7-18-8-11(15)6-16-18)5-9-3-1-2-4-12(9)17-13/h1-6,8H,7H2. The highest BCUT2D eigenvalue weighted by Crippen LogP contribution is 2.21. The fourth-order valence-electron chi connectivity index (χ4n) is 1.85. The number of halogens is 2. The van der Waals surface area contributed by atoms with Crippen molar-refractivity contribution < 1.29 is 0 Å². The molecule has 0 saturated heterocycles. The summed E-state index contributed by atoms with van der Waals surface area (Å²) in [5, 5.41) is 5.89. The van der Waals surface area contributed by atoms with E-state index in [9.17, 15) is 0 Å². The molecule has 0 saturated carbocycles. The Kier molecular flexibility index (Phi) is 3.22. The summed E-state index contributed by atoms with van der Waals surface area (Å²) >= 11 is 8.44. The molecule has 2 aromatic heterocycles. The second kappa shape index (κ2) is 4.85. The van der Waals surface area contributed by atoms with E-state index in [0.29, 0.717) is 11.7 Å². The Morgan fingerprint density at radius 1 is 1.28 bits per heavy atom. The van der Waals surface area contributed by atoms with Crippen LogP contribution in [-0.4, -0.2) is 14.8 Å². The van der Waals surface area contributed by atoms with Crippen molar-refractivity contribution in [1.82, 2.24) is 14.8 Å². The zero-order chi connectivity index (χ0) is 12.5. The highest BCUT2D eigenvalue weighted by Gasteiger charge is 2.06. The van der Waals surface area contributed by atoms with Crippen LogP contribution in [0.15, 0.2) is 42.7 Å². The van der Waals surface area contributed by atoms with Gasteiger partial charge in [-0.3, -0.25) is 4.68 Å². The molecule has 0 amide bonds. The highest BCUT2D eigenvalue weighted by molar-refractivity contribution is 14.1. The van der Waals surface area contributed by atoms with Gasteiger partial charge >= 0.3 is 0 Å². The third kappa shape index (κ3) is 2.35. The van der Waals surface area contributed by atoms with E-state index in [0.717, 1.165) is 20.0 Å². The molecule has 0 N–H and O–H groups in total. The summed E-state index contributed by atoms with van der Waals surface area (Å²) in [5.41, 5.74) is 1.90. The van der Waals surface area contributed by atoms with Crippen molar-refractivity contribution >= 4 is 45.1 Å². The average Bonchev–Trinajstić information content (AvgIpc) is 2.76. The zero-order valence-corrected chi connectivity index (χ0v) is 12.3. The predicted octanol–water partition coefficient (Wildman–Crippen LogP) is 3.74. The number of rotatable bonds is 2. The molecular formula is C13H9ClIN3. The number of pyridine rings is 1. The maximum Gasteiger partial charge on any atom is 0.134 e. The van der Waals surface area contributed by atoms with Crippen molar-refractivity contribution in [2.75, 3.05) is 0 Å². The lowest BCUT2D eigenvalue weighted by atomic mass is 10.1. The maximum atomic E-state index is 6.21. The number of benzene rings is 1. The summed E-state index contributed by atoms with van der Waals surface area (Å²) < 4.78 is 2.97. The first kappa shape index (κ1) is 11.9. The number of para-hydroxylation sites is 1. The number of fused-ring (bicyclic) bond motifs is 1. The Balaban J connectivity index is 2.03. The number of hydrogen-bond donors (Lipinski definition) is 0. The zero-order valence-electron chi connectivity index (χ0n) is 9.35. The van der Waals surface area contributed by atoms with Crippen LogP contribution < -0.4 is 0 Å². The van der Waals surface area contributed by atoms with Gasteiger partial charge in [-0.1, -0.05) is 29.8 Å². The molecule has 2 heterocycles. The fourth-order valence-corrected chi connectivity index (χ4v) is 2.50. The Bertz CT molecular complexity index is 708. The van der Waals surface area contributed by atoms with E-state index in [-0.39, 0.29) is 0 Å². The number of nitrogens with zero attached hydrogens (tertiary/aromatic N) is 3. The highest BCUT2D eigenvalue weighted by atomic mass is 127. The molecule has 0 aliphatic rings. The summed E-state index contributed by atoms with van der Waals surface area (Å²) in [4.78, 5) is 4.40. The van der Waals surface area contributed by atoms with Crippen LogP contribution in [0.3, 0.4) is 0 Å². The first-order chi connectivity index (χ1) is 8.72. The van der Waals surface area contributed by atoms with E-state index < -0.39 is 0 Å². The molecule has 0 fully saturated rings. The smallest absolute Gasteiger partial charge is 0.134 e. The van der Waals surface area contributed by atoms with Crippen LogP contribution in [0.2, 0.25) is 5.15 Å². The molecule has 0 atom stereocenters. The molecular weight excluding hydrogens is 361 g/mol. The van der Waals surface area contributed by atoms with Gasteiger partial charge in [0.25, 0.3) is 0 Å². The predicted molar refractivity (Wildman–Crippen MR) is 80.8 cm³/mol. The molecule has 0 spiro atoms. The van der Waals surface area contributed by atoms with Gasteiger partial charge in [-0.15, -0.1) is 0 Å². The molecule has 0 aliphatic carbocycles. The minimum absolute atomic E-state index is 0.541.